The molecule has 4 nitrogen and oxygen atoms in total. The van der Waals surface area contributed by atoms with Gasteiger partial charge in [-0.2, -0.15) is 5.26 Å². The van der Waals surface area contributed by atoms with Crippen molar-refractivity contribution in [3.05, 3.63) is 40.0 Å². The molecule has 0 atom stereocenters. The zero-order chi connectivity index (χ0) is 14.1. The van der Waals surface area contributed by atoms with Gasteiger partial charge in [0.1, 0.15) is 6.07 Å². The van der Waals surface area contributed by atoms with E-state index in [1.54, 1.807) is 12.1 Å². The van der Waals surface area contributed by atoms with E-state index in [2.05, 4.69) is 27.3 Å². The summed E-state index contributed by atoms with van der Waals surface area (Å²) in [5, 5.41) is 12.4. The highest BCUT2D eigenvalue weighted by molar-refractivity contribution is 9.10. The van der Waals surface area contributed by atoms with E-state index in [4.69, 9.17) is 5.26 Å². The lowest BCUT2D eigenvalue weighted by Crippen LogP contribution is -2.41. The molecular weight excluding hydrogens is 318 g/mol. The molecule has 5 heteroatoms. The Morgan fingerprint density at radius 3 is 2.85 bits per heavy atom. The molecule has 0 bridgehead atoms. The molecule has 0 saturated heterocycles. The van der Waals surface area contributed by atoms with Crippen LogP contribution in [0.3, 0.4) is 0 Å². The number of carbonyl (C=O) groups excluding carboxylic acids is 1. The Hall–Kier alpha value is -1.80. The first-order chi connectivity index (χ1) is 9.69. The van der Waals surface area contributed by atoms with Crippen molar-refractivity contribution in [2.45, 2.75) is 25.3 Å². The topological polar surface area (TPSA) is 56.1 Å². The van der Waals surface area contributed by atoms with Gasteiger partial charge in [0.05, 0.1) is 17.8 Å². The van der Waals surface area contributed by atoms with Gasteiger partial charge in [0.2, 0.25) is 5.91 Å². The Labute approximate surface area is 126 Å². The molecule has 1 amide bonds. The third kappa shape index (κ3) is 2.32. The number of hydrogen-bond acceptors (Lipinski definition) is 3. The molecule has 0 spiro atoms. The minimum absolute atomic E-state index is 0.0720. The molecule has 0 unspecified atom stereocenters. The Bertz CT molecular complexity index is 628. The van der Waals surface area contributed by atoms with E-state index >= 15 is 0 Å². The molecule has 1 heterocycles. The fourth-order valence-electron chi connectivity index (χ4n) is 2.53. The van der Waals surface area contributed by atoms with Crippen LogP contribution in [0, 0.1) is 11.3 Å². The third-order valence-electron chi connectivity index (χ3n) is 3.86. The molecule has 1 saturated carbocycles. The van der Waals surface area contributed by atoms with E-state index in [9.17, 15) is 4.79 Å². The van der Waals surface area contributed by atoms with Crippen molar-refractivity contribution in [2.75, 3.05) is 11.9 Å². The molecule has 0 aromatic heterocycles. The van der Waals surface area contributed by atoms with Crippen molar-refractivity contribution in [3.63, 3.8) is 0 Å². The highest BCUT2D eigenvalue weighted by Gasteiger charge is 2.32. The van der Waals surface area contributed by atoms with Crippen LogP contribution in [0.4, 0.5) is 5.69 Å². The van der Waals surface area contributed by atoms with Crippen LogP contribution in [0.15, 0.2) is 34.4 Å². The number of benzene rings is 1. The van der Waals surface area contributed by atoms with E-state index in [1.165, 1.54) is 6.42 Å². The number of amides is 1. The van der Waals surface area contributed by atoms with Crippen LogP contribution in [0.25, 0.3) is 0 Å². The van der Waals surface area contributed by atoms with Gasteiger partial charge in [0.15, 0.2) is 0 Å². The highest BCUT2D eigenvalue weighted by Crippen LogP contribution is 2.31. The average molecular weight is 332 g/mol. The van der Waals surface area contributed by atoms with Crippen molar-refractivity contribution < 1.29 is 4.79 Å². The predicted molar refractivity (Wildman–Crippen MR) is 79.9 cm³/mol. The van der Waals surface area contributed by atoms with Gasteiger partial charge in [-0.25, -0.2) is 0 Å². The zero-order valence-electron chi connectivity index (χ0n) is 10.9. The second kappa shape index (κ2) is 5.29. The van der Waals surface area contributed by atoms with Gasteiger partial charge in [0, 0.05) is 22.3 Å². The SMILES string of the molecule is N#Cc1cccc(Br)c1NC1=CC(=O)N(C2CCC2)C1. The predicted octanol–water partition coefficient (Wildman–Crippen LogP) is 3.01. The second-order valence-electron chi connectivity index (χ2n) is 5.12. The number of nitriles is 1. The Morgan fingerprint density at radius 1 is 1.40 bits per heavy atom. The first-order valence-corrected chi connectivity index (χ1v) is 7.45. The summed E-state index contributed by atoms with van der Waals surface area (Å²) in [6.07, 6.45) is 5.05. The molecule has 20 heavy (non-hydrogen) atoms. The van der Waals surface area contributed by atoms with Gasteiger partial charge in [-0.05, 0) is 47.3 Å². The molecule has 1 aromatic carbocycles. The van der Waals surface area contributed by atoms with Gasteiger partial charge in [-0.1, -0.05) is 6.07 Å². The molecule has 1 N–H and O–H groups in total. The van der Waals surface area contributed by atoms with Crippen LogP contribution in [-0.2, 0) is 4.79 Å². The fraction of sp³-hybridized carbons (Fsp3) is 0.333. The smallest absolute Gasteiger partial charge is 0.248 e. The van der Waals surface area contributed by atoms with E-state index in [-0.39, 0.29) is 5.91 Å². The van der Waals surface area contributed by atoms with Crippen LogP contribution >= 0.6 is 15.9 Å². The van der Waals surface area contributed by atoms with Crippen molar-refractivity contribution >= 4 is 27.5 Å². The lowest BCUT2D eigenvalue weighted by molar-refractivity contribution is -0.128. The minimum Gasteiger partial charge on any atom is -0.355 e. The van der Waals surface area contributed by atoms with Crippen LogP contribution in [0.2, 0.25) is 0 Å². The summed E-state index contributed by atoms with van der Waals surface area (Å²) in [7, 11) is 0. The van der Waals surface area contributed by atoms with Crippen LogP contribution in [-0.4, -0.2) is 23.4 Å². The summed E-state index contributed by atoms with van der Waals surface area (Å²) in [5.74, 6) is 0.0720. The monoisotopic (exact) mass is 331 g/mol. The van der Waals surface area contributed by atoms with E-state index in [1.807, 2.05) is 17.0 Å². The number of anilines is 1. The van der Waals surface area contributed by atoms with Gasteiger partial charge < -0.3 is 10.2 Å². The summed E-state index contributed by atoms with van der Waals surface area (Å²) in [5.41, 5.74) is 2.14. The van der Waals surface area contributed by atoms with Gasteiger partial charge >= 0.3 is 0 Å². The maximum atomic E-state index is 12.0. The van der Waals surface area contributed by atoms with E-state index < -0.39 is 0 Å². The number of rotatable bonds is 3. The minimum atomic E-state index is 0.0720. The summed E-state index contributed by atoms with van der Waals surface area (Å²) in [6.45, 7) is 0.607. The van der Waals surface area contributed by atoms with Crippen molar-refractivity contribution in [1.82, 2.24) is 4.90 Å². The van der Waals surface area contributed by atoms with Crippen LogP contribution in [0.5, 0.6) is 0 Å². The number of halogens is 1. The lowest BCUT2D eigenvalue weighted by Gasteiger charge is -2.34. The van der Waals surface area contributed by atoms with Crippen molar-refractivity contribution in [3.8, 4) is 6.07 Å². The first kappa shape index (κ1) is 13.2. The molecular formula is C15H14BrN3O. The van der Waals surface area contributed by atoms with Gasteiger partial charge in [0.25, 0.3) is 0 Å². The van der Waals surface area contributed by atoms with Crippen LogP contribution < -0.4 is 5.32 Å². The normalized spacial score (nSPS) is 18.5. The molecule has 1 aromatic rings. The number of carbonyl (C=O) groups is 1. The Balaban J connectivity index is 1.78. The fourth-order valence-corrected chi connectivity index (χ4v) is 2.99. The number of nitrogens with zero attached hydrogens (tertiary/aromatic N) is 2. The van der Waals surface area contributed by atoms with Gasteiger partial charge in [-0.15, -0.1) is 0 Å². The number of nitrogens with one attached hydrogen (secondary N) is 1. The van der Waals surface area contributed by atoms with Gasteiger partial charge in [-0.3, -0.25) is 4.79 Å². The first-order valence-electron chi connectivity index (χ1n) is 6.66. The average Bonchev–Trinajstić information content (AvgIpc) is 2.71. The molecule has 0 radical (unpaired) electrons. The highest BCUT2D eigenvalue weighted by atomic mass is 79.9. The quantitative estimate of drug-likeness (QED) is 0.926. The lowest BCUT2D eigenvalue weighted by atomic mass is 9.92. The number of hydrogen-bond donors (Lipinski definition) is 1. The summed E-state index contributed by atoms with van der Waals surface area (Å²) in [6, 6.07) is 8.01. The molecule has 1 aliphatic heterocycles. The molecule has 1 fully saturated rings. The maximum Gasteiger partial charge on any atom is 0.248 e. The molecule has 102 valence electrons. The molecule has 2 aliphatic rings. The largest absolute Gasteiger partial charge is 0.355 e. The number of para-hydroxylation sites is 1. The Morgan fingerprint density at radius 2 is 2.20 bits per heavy atom. The molecule has 3 rings (SSSR count). The Kier molecular flexibility index (Phi) is 3.49. The van der Waals surface area contributed by atoms with Crippen LogP contribution in [0.1, 0.15) is 24.8 Å². The third-order valence-corrected chi connectivity index (χ3v) is 4.52. The standard InChI is InChI=1S/C15H14BrN3O/c16-13-6-1-3-10(8-17)15(13)18-11-7-14(20)19(9-11)12-4-2-5-12/h1,3,6-7,12,18H,2,4-5,9H2. The summed E-state index contributed by atoms with van der Waals surface area (Å²) < 4.78 is 0.826. The zero-order valence-corrected chi connectivity index (χ0v) is 12.5. The van der Waals surface area contributed by atoms with Crippen molar-refractivity contribution in [1.29, 1.82) is 5.26 Å². The maximum absolute atomic E-state index is 12.0. The van der Waals surface area contributed by atoms with E-state index in [0.29, 0.717) is 18.2 Å². The van der Waals surface area contributed by atoms with E-state index in [0.717, 1.165) is 28.7 Å². The summed E-state index contributed by atoms with van der Waals surface area (Å²) in [4.78, 5) is 13.9. The van der Waals surface area contributed by atoms with Crippen molar-refractivity contribution in [2.24, 2.45) is 0 Å². The molecule has 1 aliphatic carbocycles. The summed E-state index contributed by atoms with van der Waals surface area (Å²) >= 11 is 3.44. The second-order valence-corrected chi connectivity index (χ2v) is 5.97.